The van der Waals surface area contributed by atoms with Gasteiger partial charge >= 0.3 is 0 Å². The van der Waals surface area contributed by atoms with Gasteiger partial charge in [-0.1, -0.05) is 0 Å². The first-order valence-corrected chi connectivity index (χ1v) is 8.03. The third kappa shape index (κ3) is 3.78. The van der Waals surface area contributed by atoms with Crippen LogP contribution in [-0.4, -0.2) is 47.7 Å². The fourth-order valence-corrected chi connectivity index (χ4v) is 3.52. The lowest BCUT2D eigenvalue weighted by Crippen LogP contribution is -2.41. The standard InChI is InChI=1S/C15H20N4OS/c1-12-3-4-14(21-12)13(19-7-9-20-10-8-19)11-18-15-16-5-2-6-17-15/h2-6,13H,7-11H2,1H3,(H,16,17,18). The van der Waals surface area contributed by atoms with E-state index in [2.05, 4.69) is 39.2 Å². The quantitative estimate of drug-likeness (QED) is 0.919. The van der Waals surface area contributed by atoms with Gasteiger partial charge in [-0.25, -0.2) is 9.97 Å². The van der Waals surface area contributed by atoms with Crippen LogP contribution in [0.3, 0.4) is 0 Å². The Morgan fingerprint density at radius 3 is 2.71 bits per heavy atom. The number of ether oxygens (including phenoxy) is 1. The van der Waals surface area contributed by atoms with Gasteiger partial charge in [0.2, 0.25) is 5.95 Å². The molecule has 0 saturated carbocycles. The van der Waals surface area contributed by atoms with Gasteiger partial charge in [0.1, 0.15) is 0 Å². The molecular formula is C15H20N4OS. The van der Waals surface area contributed by atoms with Crippen molar-refractivity contribution in [3.05, 3.63) is 40.3 Å². The van der Waals surface area contributed by atoms with Crippen LogP contribution in [0, 0.1) is 6.92 Å². The Labute approximate surface area is 129 Å². The summed E-state index contributed by atoms with van der Waals surface area (Å²) in [6, 6.07) is 6.59. The molecule has 0 aromatic carbocycles. The van der Waals surface area contributed by atoms with E-state index in [0.29, 0.717) is 12.0 Å². The Kier molecular flexibility index (Phi) is 4.80. The van der Waals surface area contributed by atoms with E-state index in [-0.39, 0.29) is 0 Å². The molecule has 0 amide bonds. The Bertz CT molecular complexity index is 554. The summed E-state index contributed by atoms with van der Waals surface area (Å²) in [5.41, 5.74) is 0. The summed E-state index contributed by atoms with van der Waals surface area (Å²) >= 11 is 1.86. The molecule has 1 aliphatic rings. The number of hydrogen-bond acceptors (Lipinski definition) is 6. The Morgan fingerprint density at radius 2 is 2.05 bits per heavy atom. The molecule has 3 rings (SSSR count). The average Bonchev–Trinajstić information content (AvgIpc) is 2.96. The van der Waals surface area contributed by atoms with Gasteiger partial charge < -0.3 is 10.1 Å². The Morgan fingerprint density at radius 1 is 1.29 bits per heavy atom. The highest BCUT2D eigenvalue weighted by atomic mass is 32.1. The molecule has 0 radical (unpaired) electrons. The summed E-state index contributed by atoms with van der Waals surface area (Å²) < 4.78 is 5.47. The van der Waals surface area contributed by atoms with E-state index in [1.165, 1.54) is 9.75 Å². The highest BCUT2D eigenvalue weighted by Crippen LogP contribution is 2.28. The van der Waals surface area contributed by atoms with Crippen LogP contribution in [-0.2, 0) is 4.74 Å². The van der Waals surface area contributed by atoms with Crippen molar-refractivity contribution >= 4 is 17.3 Å². The SMILES string of the molecule is Cc1ccc(C(CNc2ncccn2)N2CCOCC2)s1. The van der Waals surface area contributed by atoms with Crippen LogP contribution in [0.15, 0.2) is 30.6 Å². The Balaban J connectivity index is 1.72. The monoisotopic (exact) mass is 304 g/mol. The van der Waals surface area contributed by atoms with Crippen LogP contribution in [0.1, 0.15) is 15.8 Å². The largest absolute Gasteiger partial charge is 0.379 e. The minimum Gasteiger partial charge on any atom is -0.379 e. The third-order valence-electron chi connectivity index (χ3n) is 3.60. The van der Waals surface area contributed by atoms with Crippen LogP contribution >= 0.6 is 11.3 Å². The number of aromatic nitrogens is 2. The molecule has 1 saturated heterocycles. The van der Waals surface area contributed by atoms with E-state index < -0.39 is 0 Å². The fourth-order valence-electron chi connectivity index (χ4n) is 2.51. The number of thiophene rings is 1. The summed E-state index contributed by atoms with van der Waals surface area (Å²) in [5, 5.41) is 3.35. The smallest absolute Gasteiger partial charge is 0.222 e. The van der Waals surface area contributed by atoms with Crippen molar-refractivity contribution in [2.75, 3.05) is 38.2 Å². The van der Waals surface area contributed by atoms with Crippen LogP contribution in [0.25, 0.3) is 0 Å². The normalized spacial score (nSPS) is 17.6. The first-order valence-electron chi connectivity index (χ1n) is 7.22. The van der Waals surface area contributed by atoms with E-state index in [0.717, 1.165) is 32.8 Å². The average molecular weight is 304 g/mol. The molecule has 1 N–H and O–H groups in total. The highest BCUT2D eigenvalue weighted by Gasteiger charge is 2.23. The van der Waals surface area contributed by atoms with E-state index >= 15 is 0 Å². The zero-order valence-corrected chi connectivity index (χ0v) is 13.0. The minimum absolute atomic E-state index is 0.344. The van der Waals surface area contributed by atoms with Gasteiger partial charge in [0.15, 0.2) is 0 Å². The van der Waals surface area contributed by atoms with Crippen molar-refractivity contribution in [2.24, 2.45) is 0 Å². The van der Waals surface area contributed by atoms with Crippen molar-refractivity contribution in [1.29, 1.82) is 0 Å². The van der Waals surface area contributed by atoms with Crippen LogP contribution in [0.2, 0.25) is 0 Å². The third-order valence-corrected chi connectivity index (χ3v) is 4.70. The number of aryl methyl sites for hydroxylation is 1. The second-order valence-corrected chi connectivity index (χ2v) is 6.39. The summed E-state index contributed by atoms with van der Waals surface area (Å²) in [6.45, 7) is 6.52. The molecule has 3 heterocycles. The van der Waals surface area contributed by atoms with Gasteiger partial charge in [-0.2, -0.15) is 0 Å². The van der Waals surface area contributed by atoms with Crippen molar-refractivity contribution in [1.82, 2.24) is 14.9 Å². The summed E-state index contributed by atoms with van der Waals surface area (Å²) in [4.78, 5) is 13.7. The Hall–Kier alpha value is -1.50. The van der Waals surface area contributed by atoms with Gasteiger partial charge in [-0.15, -0.1) is 11.3 Å². The van der Waals surface area contributed by atoms with Crippen molar-refractivity contribution in [3.63, 3.8) is 0 Å². The van der Waals surface area contributed by atoms with Gasteiger partial charge in [0.05, 0.1) is 19.3 Å². The van der Waals surface area contributed by atoms with Crippen LogP contribution in [0.5, 0.6) is 0 Å². The lowest BCUT2D eigenvalue weighted by Gasteiger charge is -2.34. The van der Waals surface area contributed by atoms with E-state index in [1.807, 2.05) is 17.4 Å². The predicted octanol–water partition coefficient (Wildman–Crippen LogP) is 2.33. The van der Waals surface area contributed by atoms with Gasteiger partial charge in [0.25, 0.3) is 0 Å². The maximum Gasteiger partial charge on any atom is 0.222 e. The molecule has 112 valence electrons. The minimum atomic E-state index is 0.344. The van der Waals surface area contributed by atoms with Crippen molar-refractivity contribution in [2.45, 2.75) is 13.0 Å². The van der Waals surface area contributed by atoms with E-state index in [1.54, 1.807) is 12.4 Å². The molecule has 2 aromatic heterocycles. The van der Waals surface area contributed by atoms with Gasteiger partial charge in [-0.3, -0.25) is 4.90 Å². The summed E-state index contributed by atoms with van der Waals surface area (Å²) in [5.74, 6) is 0.684. The lowest BCUT2D eigenvalue weighted by molar-refractivity contribution is 0.0193. The maximum atomic E-state index is 5.47. The fraction of sp³-hybridized carbons (Fsp3) is 0.467. The van der Waals surface area contributed by atoms with Crippen molar-refractivity contribution in [3.8, 4) is 0 Å². The zero-order chi connectivity index (χ0) is 14.5. The number of morpholine rings is 1. The lowest BCUT2D eigenvalue weighted by atomic mass is 10.2. The second-order valence-electron chi connectivity index (χ2n) is 5.07. The molecule has 2 aromatic rings. The topological polar surface area (TPSA) is 50.3 Å². The molecule has 1 aliphatic heterocycles. The zero-order valence-electron chi connectivity index (χ0n) is 12.2. The molecule has 1 fully saturated rings. The van der Waals surface area contributed by atoms with Gasteiger partial charge in [0, 0.05) is 41.8 Å². The number of anilines is 1. The van der Waals surface area contributed by atoms with Crippen LogP contribution < -0.4 is 5.32 Å². The number of nitrogens with one attached hydrogen (secondary N) is 1. The van der Waals surface area contributed by atoms with E-state index in [9.17, 15) is 0 Å². The number of rotatable bonds is 5. The molecule has 5 nitrogen and oxygen atoms in total. The second kappa shape index (κ2) is 6.98. The van der Waals surface area contributed by atoms with Crippen LogP contribution in [0.4, 0.5) is 5.95 Å². The highest BCUT2D eigenvalue weighted by molar-refractivity contribution is 7.12. The molecular weight excluding hydrogens is 284 g/mol. The molecule has 0 bridgehead atoms. The first kappa shape index (κ1) is 14.4. The molecule has 0 aliphatic carbocycles. The predicted molar refractivity (Wildman–Crippen MR) is 84.7 cm³/mol. The van der Waals surface area contributed by atoms with Crippen molar-refractivity contribution < 1.29 is 4.74 Å². The summed E-state index contributed by atoms with van der Waals surface area (Å²) in [6.07, 6.45) is 3.52. The van der Waals surface area contributed by atoms with E-state index in [4.69, 9.17) is 4.74 Å². The summed E-state index contributed by atoms with van der Waals surface area (Å²) in [7, 11) is 0. The number of hydrogen-bond donors (Lipinski definition) is 1. The molecule has 6 heteroatoms. The molecule has 1 atom stereocenters. The van der Waals surface area contributed by atoms with Gasteiger partial charge in [-0.05, 0) is 25.1 Å². The molecule has 1 unspecified atom stereocenters. The molecule has 21 heavy (non-hydrogen) atoms. The number of nitrogens with zero attached hydrogens (tertiary/aromatic N) is 3. The first-order chi connectivity index (χ1) is 10.3. The molecule has 0 spiro atoms. The maximum absolute atomic E-state index is 5.47.